The number of alkyl halides is 12. The number of aryl methyl sites for hydroxylation is 2. The number of nitrogens with one attached hydrogen (secondary N) is 2. The third kappa shape index (κ3) is 16.5. The van der Waals surface area contributed by atoms with Crippen LogP contribution in [0, 0.1) is 13.8 Å². The van der Waals surface area contributed by atoms with Gasteiger partial charge < -0.3 is 39.7 Å². The van der Waals surface area contributed by atoms with E-state index in [4.69, 9.17) is 21.1 Å². The molecular formula is C54H61ClF12N6O4. The van der Waals surface area contributed by atoms with Crippen LogP contribution in [0.4, 0.5) is 75.4 Å². The summed E-state index contributed by atoms with van der Waals surface area (Å²) in [4.78, 5) is 32.2. The first kappa shape index (κ1) is 59.1. The second-order valence-electron chi connectivity index (χ2n) is 19.9. The van der Waals surface area contributed by atoms with Gasteiger partial charge in [-0.15, -0.1) is 0 Å². The van der Waals surface area contributed by atoms with E-state index in [2.05, 4.69) is 10.6 Å². The lowest BCUT2D eigenvalue weighted by Crippen LogP contribution is -2.50. The van der Waals surface area contributed by atoms with Gasteiger partial charge in [-0.3, -0.25) is 9.59 Å². The Bertz CT molecular complexity index is 2620. The summed E-state index contributed by atoms with van der Waals surface area (Å²) in [6.07, 6.45) is -12.4. The van der Waals surface area contributed by atoms with E-state index in [0.29, 0.717) is 126 Å². The average Bonchev–Trinajstić information content (AvgIpc) is 3.38. The molecule has 2 heterocycles. The number of carbonyl (C=O) groups is 2. The number of hydrogen-bond donors (Lipinski definition) is 2. The van der Waals surface area contributed by atoms with E-state index >= 15 is 0 Å². The van der Waals surface area contributed by atoms with Gasteiger partial charge in [-0.1, -0.05) is 29.8 Å². The molecule has 10 nitrogen and oxygen atoms in total. The number of nitrogens with zero attached hydrogens (tertiary/aromatic N) is 4. The van der Waals surface area contributed by atoms with Crippen molar-refractivity contribution in [2.45, 2.75) is 114 Å². The molecule has 77 heavy (non-hydrogen) atoms. The summed E-state index contributed by atoms with van der Waals surface area (Å²) in [5, 5.41) is 6.02. The predicted molar refractivity (Wildman–Crippen MR) is 269 cm³/mol. The molecule has 4 aromatic rings. The lowest BCUT2D eigenvalue weighted by molar-refractivity contribution is -0.139. The molecule has 4 aliphatic rings. The standard InChI is InChI=1S/C27H30ClF6N3O2.C27H31F6N3O2/c1-17-2-3-19(14-22(17)26(29,30)31)35-18-4-7-21(8-5-18)39-16-25(38)37-12-10-36(11-13-37)20-6-9-24(28)23(15-20)27(32,33)34;1-18-5-6-21(16-24(18)27(31,32)33)34-20-7-9-23(10-8-20)38-17-25(37)36-13-11-35(12-14-36)22-4-2-3-19(15-22)26(28,29)30/h2-3,6,9,14-15,18,21,35H,4-5,7-8,10-13,16H2,1H3;2-6,15-16,20,23,34H,7-14,17H2,1H3. The van der Waals surface area contributed by atoms with Crippen LogP contribution in [0.25, 0.3) is 0 Å². The van der Waals surface area contributed by atoms with Gasteiger partial charge in [0.25, 0.3) is 0 Å². The molecule has 2 saturated heterocycles. The normalized spacial score (nSPS) is 20.8. The first-order valence-electron chi connectivity index (χ1n) is 25.4. The molecule has 2 saturated carbocycles. The zero-order chi connectivity index (χ0) is 55.9. The van der Waals surface area contributed by atoms with E-state index in [1.54, 1.807) is 32.9 Å². The number of rotatable bonds is 12. The number of amides is 2. The van der Waals surface area contributed by atoms with Gasteiger partial charge >= 0.3 is 24.7 Å². The van der Waals surface area contributed by atoms with Crippen LogP contribution in [0.2, 0.25) is 5.02 Å². The van der Waals surface area contributed by atoms with Crippen molar-refractivity contribution in [2.75, 3.05) is 86.0 Å². The Morgan fingerprint density at radius 3 is 1.29 bits per heavy atom. The molecule has 0 unspecified atom stereocenters. The molecule has 2 amide bonds. The van der Waals surface area contributed by atoms with Crippen LogP contribution < -0.4 is 20.4 Å². The smallest absolute Gasteiger partial charge is 0.382 e. The van der Waals surface area contributed by atoms with E-state index < -0.39 is 47.0 Å². The minimum absolute atomic E-state index is 0.0168. The van der Waals surface area contributed by atoms with Gasteiger partial charge in [-0.25, -0.2) is 0 Å². The highest BCUT2D eigenvalue weighted by Crippen LogP contribution is 2.39. The van der Waals surface area contributed by atoms with Crippen molar-refractivity contribution in [3.63, 3.8) is 0 Å². The van der Waals surface area contributed by atoms with E-state index in [0.717, 1.165) is 30.3 Å². The minimum Gasteiger partial charge on any atom is -0.382 e. The number of anilines is 4. The molecule has 0 radical (unpaired) electrons. The number of ether oxygens (including phenoxy) is 2. The number of halogens is 13. The summed E-state index contributed by atoms with van der Waals surface area (Å²) in [6, 6.07) is 17.5. The van der Waals surface area contributed by atoms with Crippen LogP contribution >= 0.6 is 11.6 Å². The maximum atomic E-state index is 13.2. The van der Waals surface area contributed by atoms with Crippen molar-refractivity contribution in [1.82, 2.24) is 9.80 Å². The topological polar surface area (TPSA) is 89.6 Å². The molecule has 0 atom stereocenters. The summed E-state index contributed by atoms with van der Waals surface area (Å²) in [7, 11) is 0. The Hall–Kier alpha value is -5.61. The second-order valence-corrected chi connectivity index (χ2v) is 20.3. The van der Waals surface area contributed by atoms with Gasteiger partial charge in [0.15, 0.2) is 0 Å². The summed E-state index contributed by atoms with van der Waals surface area (Å²) >= 11 is 5.71. The maximum Gasteiger partial charge on any atom is 0.417 e. The second kappa shape index (κ2) is 25.0. The van der Waals surface area contributed by atoms with E-state index in [1.807, 2.05) is 4.90 Å². The first-order valence-corrected chi connectivity index (χ1v) is 25.8. The van der Waals surface area contributed by atoms with Gasteiger partial charge in [0.1, 0.15) is 13.2 Å². The van der Waals surface area contributed by atoms with Crippen LogP contribution in [-0.2, 0) is 43.8 Å². The molecule has 0 aromatic heterocycles. The molecule has 422 valence electrons. The molecule has 23 heteroatoms. The van der Waals surface area contributed by atoms with Gasteiger partial charge in [-0.05, 0) is 137 Å². The van der Waals surface area contributed by atoms with Crippen molar-refractivity contribution >= 4 is 46.2 Å². The van der Waals surface area contributed by atoms with Crippen LogP contribution in [0.15, 0.2) is 78.9 Å². The van der Waals surface area contributed by atoms with Gasteiger partial charge in [0.2, 0.25) is 11.8 Å². The fourth-order valence-corrected chi connectivity index (χ4v) is 10.3. The van der Waals surface area contributed by atoms with Crippen molar-refractivity contribution in [1.29, 1.82) is 0 Å². The molecule has 2 aliphatic heterocycles. The van der Waals surface area contributed by atoms with Crippen molar-refractivity contribution in [3.8, 4) is 0 Å². The fraction of sp³-hybridized carbons (Fsp3) is 0.519. The van der Waals surface area contributed by atoms with E-state index in [1.165, 1.54) is 44.2 Å². The third-order valence-corrected chi connectivity index (χ3v) is 14.8. The SMILES string of the molecule is Cc1ccc(NC2CCC(OCC(=O)N3CCN(c4ccc(Cl)c(C(F)(F)F)c4)CC3)CC2)cc1C(F)(F)F.Cc1ccc(NC2CCC(OCC(=O)N3CCN(c4cccc(C(F)(F)F)c4)CC3)CC2)cc1C(F)(F)F. The highest BCUT2D eigenvalue weighted by atomic mass is 35.5. The number of piperazine rings is 2. The van der Waals surface area contributed by atoms with E-state index in [9.17, 15) is 62.3 Å². The zero-order valence-corrected chi connectivity index (χ0v) is 43.1. The highest BCUT2D eigenvalue weighted by Gasteiger charge is 2.37. The number of carbonyl (C=O) groups excluding carboxylic acids is 2. The molecule has 4 aromatic carbocycles. The predicted octanol–water partition coefficient (Wildman–Crippen LogP) is 12.9. The zero-order valence-electron chi connectivity index (χ0n) is 42.4. The first-order chi connectivity index (χ1) is 36.2. The minimum atomic E-state index is -4.55. The van der Waals surface area contributed by atoms with Crippen LogP contribution in [-0.4, -0.2) is 111 Å². The lowest BCUT2D eigenvalue weighted by Gasteiger charge is -2.37. The molecule has 0 spiro atoms. The van der Waals surface area contributed by atoms with Gasteiger partial charge in [0, 0.05) is 87.2 Å². The van der Waals surface area contributed by atoms with Crippen molar-refractivity contribution < 1.29 is 71.7 Å². The van der Waals surface area contributed by atoms with Crippen molar-refractivity contribution in [2.24, 2.45) is 0 Å². The molecule has 4 fully saturated rings. The maximum absolute atomic E-state index is 13.2. The Morgan fingerprint density at radius 1 is 0.494 bits per heavy atom. The number of benzene rings is 4. The quantitative estimate of drug-likeness (QED) is 0.136. The average molecular weight is 1120 g/mol. The summed E-state index contributed by atoms with van der Waals surface area (Å²) < 4.78 is 169. The monoisotopic (exact) mass is 1120 g/mol. The fourth-order valence-electron chi connectivity index (χ4n) is 10.0. The molecule has 2 N–H and O–H groups in total. The molecule has 8 rings (SSSR count). The summed E-state index contributed by atoms with van der Waals surface area (Å²) in [5.41, 5.74) is -0.767. The van der Waals surface area contributed by atoms with Crippen LogP contribution in [0.5, 0.6) is 0 Å². The Balaban J connectivity index is 0.000000224. The Morgan fingerprint density at radius 2 is 0.896 bits per heavy atom. The number of hydrogen-bond acceptors (Lipinski definition) is 8. The third-order valence-electron chi connectivity index (χ3n) is 14.5. The van der Waals surface area contributed by atoms with Gasteiger partial charge in [0.05, 0.1) is 39.5 Å². The molecular weight excluding hydrogens is 1060 g/mol. The molecule has 0 bridgehead atoms. The lowest BCUT2D eigenvalue weighted by atomic mass is 9.92. The highest BCUT2D eigenvalue weighted by molar-refractivity contribution is 6.31. The largest absolute Gasteiger partial charge is 0.417 e. The Kier molecular flexibility index (Phi) is 19.2. The molecule has 2 aliphatic carbocycles. The Labute approximate surface area is 444 Å². The van der Waals surface area contributed by atoms with Crippen LogP contribution in [0.1, 0.15) is 84.7 Å². The van der Waals surface area contributed by atoms with Gasteiger partial charge in [-0.2, -0.15) is 52.7 Å². The van der Waals surface area contributed by atoms with Crippen LogP contribution in [0.3, 0.4) is 0 Å². The van der Waals surface area contributed by atoms with E-state index in [-0.39, 0.29) is 65.5 Å². The summed E-state index contributed by atoms with van der Waals surface area (Å²) in [5.74, 6) is -0.338. The van der Waals surface area contributed by atoms with Crippen molar-refractivity contribution in [3.05, 3.63) is 117 Å². The summed E-state index contributed by atoms with van der Waals surface area (Å²) in [6.45, 7) is 5.85.